The standard InChI is InChI=1S/C9H11N7O4S/c1-15-9(11-5-12-15)14-21(19,20)8-3-2-6(13-10)4-7(8)16(17)18/h2-5,13H,10H2,1H3,(H,11,12,14). The first kappa shape index (κ1) is 14.7. The van der Waals surface area contributed by atoms with Gasteiger partial charge in [0.15, 0.2) is 4.90 Å². The Kier molecular flexibility index (Phi) is 3.73. The molecule has 21 heavy (non-hydrogen) atoms. The van der Waals surface area contributed by atoms with Gasteiger partial charge in [0.25, 0.3) is 15.7 Å². The summed E-state index contributed by atoms with van der Waals surface area (Å²) in [6, 6.07) is 3.40. The minimum atomic E-state index is -4.19. The highest BCUT2D eigenvalue weighted by atomic mass is 32.2. The molecule has 0 amide bonds. The number of benzene rings is 1. The second kappa shape index (κ2) is 5.34. The van der Waals surface area contributed by atoms with Gasteiger partial charge in [0.05, 0.1) is 10.6 Å². The van der Waals surface area contributed by atoms with E-state index in [0.717, 1.165) is 18.5 Å². The van der Waals surface area contributed by atoms with Crippen LogP contribution in [0.4, 0.5) is 17.3 Å². The van der Waals surface area contributed by atoms with Crippen molar-refractivity contribution in [3.8, 4) is 0 Å². The Morgan fingerprint density at radius 3 is 2.67 bits per heavy atom. The molecule has 1 heterocycles. The van der Waals surface area contributed by atoms with Gasteiger partial charge < -0.3 is 5.43 Å². The number of sulfonamides is 1. The third-order valence-corrected chi connectivity index (χ3v) is 3.92. The Morgan fingerprint density at radius 2 is 2.14 bits per heavy atom. The summed E-state index contributed by atoms with van der Waals surface area (Å²) in [6.07, 6.45) is 1.15. The van der Waals surface area contributed by atoms with Crippen molar-refractivity contribution in [1.82, 2.24) is 14.8 Å². The molecule has 0 spiro atoms. The normalized spacial score (nSPS) is 11.1. The Hall–Kier alpha value is -2.73. The fourth-order valence-corrected chi connectivity index (χ4v) is 2.73. The van der Waals surface area contributed by atoms with Crippen molar-refractivity contribution in [2.45, 2.75) is 4.90 Å². The minimum Gasteiger partial charge on any atom is -0.324 e. The van der Waals surface area contributed by atoms with Gasteiger partial charge in [0.2, 0.25) is 5.95 Å². The summed E-state index contributed by atoms with van der Waals surface area (Å²) < 4.78 is 27.8. The highest BCUT2D eigenvalue weighted by Crippen LogP contribution is 2.28. The lowest BCUT2D eigenvalue weighted by Gasteiger charge is -2.08. The van der Waals surface area contributed by atoms with E-state index in [-0.39, 0.29) is 11.6 Å². The first-order valence-corrected chi connectivity index (χ1v) is 6.95. The van der Waals surface area contributed by atoms with Gasteiger partial charge in [-0.2, -0.15) is 10.1 Å². The third kappa shape index (κ3) is 2.90. The molecule has 0 aliphatic rings. The number of nitrogen functional groups attached to an aromatic ring is 1. The van der Waals surface area contributed by atoms with E-state index in [1.165, 1.54) is 17.8 Å². The molecule has 0 saturated heterocycles. The molecule has 0 fully saturated rings. The van der Waals surface area contributed by atoms with Crippen LogP contribution in [0.25, 0.3) is 0 Å². The number of hydrazine groups is 1. The van der Waals surface area contributed by atoms with Gasteiger partial charge in [-0.3, -0.25) is 16.0 Å². The molecule has 1 aromatic carbocycles. The van der Waals surface area contributed by atoms with Gasteiger partial charge in [-0.05, 0) is 12.1 Å². The molecular formula is C9H11N7O4S. The van der Waals surface area contributed by atoms with Gasteiger partial charge in [0, 0.05) is 13.1 Å². The number of nitrogens with one attached hydrogen (secondary N) is 2. The fourth-order valence-electron chi connectivity index (χ4n) is 1.54. The van der Waals surface area contributed by atoms with Crippen LogP contribution >= 0.6 is 0 Å². The summed E-state index contributed by atoms with van der Waals surface area (Å²) >= 11 is 0. The van der Waals surface area contributed by atoms with E-state index in [9.17, 15) is 18.5 Å². The minimum absolute atomic E-state index is 0.0645. The zero-order valence-corrected chi connectivity index (χ0v) is 11.5. The van der Waals surface area contributed by atoms with Crippen molar-refractivity contribution in [3.05, 3.63) is 34.6 Å². The zero-order valence-electron chi connectivity index (χ0n) is 10.7. The predicted octanol–water partition coefficient (Wildman–Crippen LogP) is -0.190. The molecule has 0 unspecified atom stereocenters. The molecule has 0 aliphatic heterocycles. The lowest BCUT2D eigenvalue weighted by atomic mass is 10.3. The molecule has 1 aromatic heterocycles. The topological polar surface area (TPSA) is 158 Å². The van der Waals surface area contributed by atoms with E-state index < -0.39 is 25.5 Å². The van der Waals surface area contributed by atoms with Crippen LogP contribution in [0.5, 0.6) is 0 Å². The second-order valence-corrected chi connectivity index (χ2v) is 5.55. The smallest absolute Gasteiger partial charge is 0.291 e. The number of aromatic nitrogens is 3. The summed E-state index contributed by atoms with van der Waals surface area (Å²) in [6.45, 7) is 0. The van der Waals surface area contributed by atoms with Crippen LogP contribution < -0.4 is 16.0 Å². The summed E-state index contributed by atoms with van der Waals surface area (Å²) in [4.78, 5) is 13.4. The van der Waals surface area contributed by atoms with E-state index in [0.29, 0.717) is 0 Å². The Labute approximate surface area is 119 Å². The van der Waals surface area contributed by atoms with Crippen molar-refractivity contribution in [2.75, 3.05) is 10.1 Å². The SMILES string of the molecule is Cn1ncnc1NS(=O)(=O)c1ccc(NN)cc1[N+](=O)[O-]. The summed E-state index contributed by atoms with van der Waals surface area (Å²) in [7, 11) is -2.72. The number of aryl methyl sites for hydroxylation is 1. The van der Waals surface area contributed by atoms with Crippen molar-refractivity contribution >= 4 is 27.3 Å². The van der Waals surface area contributed by atoms with Crippen molar-refractivity contribution < 1.29 is 13.3 Å². The van der Waals surface area contributed by atoms with E-state index in [1.807, 2.05) is 0 Å². The van der Waals surface area contributed by atoms with Crippen LogP contribution in [0.1, 0.15) is 0 Å². The maximum Gasteiger partial charge on any atom is 0.291 e. The van der Waals surface area contributed by atoms with Crippen molar-refractivity contribution in [1.29, 1.82) is 0 Å². The lowest BCUT2D eigenvalue weighted by Crippen LogP contribution is -2.18. The zero-order chi connectivity index (χ0) is 15.6. The van der Waals surface area contributed by atoms with Gasteiger partial charge in [-0.1, -0.05) is 0 Å². The molecule has 0 saturated carbocycles. The number of nitrogens with zero attached hydrogens (tertiary/aromatic N) is 4. The van der Waals surface area contributed by atoms with E-state index in [2.05, 4.69) is 20.2 Å². The summed E-state index contributed by atoms with van der Waals surface area (Å²) in [5, 5.41) is 14.7. The Bertz CT molecular complexity index is 785. The molecule has 0 aliphatic carbocycles. The number of rotatable bonds is 5. The molecule has 4 N–H and O–H groups in total. The Balaban J connectivity index is 2.49. The molecule has 2 rings (SSSR count). The average molecular weight is 313 g/mol. The van der Waals surface area contributed by atoms with Gasteiger partial charge in [0.1, 0.15) is 6.33 Å². The number of hydrogen-bond acceptors (Lipinski definition) is 8. The van der Waals surface area contributed by atoms with Crippen LogP contribution in [-0.4, -0.2) is 28.1 Å². The fraction of sp³-hybridized carbons (Fsp3) is 0.111. The van der Waals surface area contributed by atoms with E-state index in [4.69, 9.17) is 5.84 Å². The number of hydrogen-bond donors (Lipinski definition) is 3. The molecular weight excluding hydrogens is 302 g/mol. The quantitative estimate of drug-likeness (QED) is 0.389. The highest BCUT2D eigenvalue weighted by Gasteiger charge is 2.27. The third-order valence-electron chi connectivity index (χ3n) is 2.55. The van der Waals surface area contributed by atoms with Crippen LogP contribution in [0.3, 0.4) is 0 Å². The largest absolute Gasteiger partial charge is 0.324 e. The summed E-state index contributed by atoms with van der Waals surface area (Å²) in [5.74, 6) is 5.08. The predicted molar refractivity (Wildman–Crippen MR) is 72.7 cm³/mol. The van der Waals surface area contributed by atoms with Gasteiger partial charge in [-0.15, -0.1) is 0 Å². The average Bonchev–Trinajstić information content (AvgIpc) is 2.82. The van der Waals surface area contributed by atoms with Gasteiger partial charge in [-0.25, -0.2) is 17.8 Å². The van der Waals surface area contributed by atoms with Crippen molar-refractivity contribution in [3.63, 3.8) is 0 Å². The molecule has 12 heteroatoms. The number of nitrogens with two attached hydrogens (primary N) is 1. The maximum atomic E-state index is 12.2. The second-order valence-electron chi connectivity index (χ2n) is 3.90. The Morgan fingerprint density at radius 1 is 1.43 bits per heavy atom. The maximum absolute atomic E-state index is 12.2. The molecule has 0 radical (unpaired) electrons. The van der Waals surface area contributed by atoms with Crippen LogP contribution in [-0.2, 0) is 17.1 Å². The molecule has 0 atom stereocenters. The molecule has 11 nitrogen and oxygen atoms in total. The van der Waals surface area contributed by atoms with Crippen molar-refractivity contribution in [2.24, 2.45) is 12.9 Å². The highest BCUT2D eigenvalue weighted by molar-refractivity contribution is 7.92. The van der Waals surface area contributed by atoms with Gasteiger partial charge >= 0.3 is 0 Å². The van der Waals surface area contributed by atoms with Crippen LogP contribution in [0.15, 0.2) is 29.4 Å². The van der Waals surface area contributed by atoms with Crippen LogP contribution in [0, 0.1) is 10.1 Å². The number of nitro groups is 1. The lowest BCUT2D eigenvalue weighted by molar-refractivity contribution is -0.387. The van der Waals surface area contributed by atoms with E-state index in [1.54, 1.807) is 0 Å². The first-order valence-electron chi connectivity index (χ1n) is 5.47. The van der Waals surface area contributed by atoms with Crippen LogP contribution in [0.2, 0.25) is 0 Å². The molecule has 2 aromatic rings. The number of anilines is 2. The van der Waals surface area contributed by atoms with E-state index >= 15 is 0 Å². The monoisotopic (exact) mass is 313 g/mol. The molecule has 0 bridgehead atoms. The number of nitro benzene ring substituents is 1. The first-order chi connectivity index (χ1) is 9.85. The molecule has 112 valence electrons. The summed E-state index contributed by atoms with van der Waals surface area (Å²) in [5.41, 5.74) is 1.81.